The zero-order chi connectivity index (χ0) is 17.3. The van der Waals surface area contributed by atoms with Gasteiger partial charge >= 0.3 is 6.18 Å². The Morgan fingerprint density at radius 2 is 2.00 bits per heavy atom. The van der Waals surface area contributed by atoms with Gasteiger partial charge in [0, 0.05) is 11.4 Å². The zero-order valence-electron chi connectivity index (χ0n) is 12.0. The number of rotatable bonds is 9. The molecule has 1 rings (SSSR count). The molecule has 0 aliphatic heterocycles. The van der Waals surface area contributed by atoms with E-state index in [-0.39, 0.29) is 22.3 Å². The second-order valence-corrected chi connectivity index (χ2v) is 6.11. The van der Waals surface area contributed by atoms with E-state index in [4.69, 9.17) is 16.3 Å². The number of thioether (sulfide) groups is 1. The van der Waals surface area contributed by atoms with Crippen molar-refractivity contribution < 1.29 is 22.3 Å². The second kappa shape index (κ2) is 10.1. The number of thiocarbonyl (C=S) groups is 1. The molecule has 0 heterocycles. The minimum Gasteiger partial charge on any atom is -0.490 e. The van der Waals surface area contributed by atoms with Gasteiger partial charge in [0.1, 0.15) is 0 Å². The Labute approximate surface area is 146 Å². The third-order valence-electron chi connectivity index (χ3n) is 2.61. The Kier molecular flexibility index (Phi) is 8.91. The number of hydrogen-bond acceptors (Lipinski definition) is 4. The quantitative estimate of drug-likeness (QED) is 0.176. The molecule has 2 nitrogen and oxygen atoms in total. The van der Waals surface area contributed by atoms with E-state index in [1.165, 1.54) is 6.07 Å². The average molecular weight is 388 g/mol. The number of benzene rings is 1. The van der Waals surface area contributed by atoms with Crippen LogP contribution in [0.2, 0.25) is 5.02 Å². The molecule has 1 aromatic carbocycles. The van der Waals surface area contributed by atoms with Gasteiger partial charge in [0.2, 0.25) is 0 Å². The third kappa shape index (κ3) is 8.55. The van der Waals surface area contributed by atoms with E-state index in [0.717, 1.165) is 18.9 Å². The summed E-state index contributed by atoms with van der Waals surface area (Å²) in [5.74, 6) is -1.90. The first-order valence-corrected chi connectivity index (χ1v) is 8.45. The Bertz CT molecular complexity index is 562. The van der Waals surface area contributed by atoms with Crippen LogP contribution in [0.25, 0.3) is 0 Å². The number of halogens is 5. The van der Waals surface area contributed by atoms with Gasteiger partial charge in [-0.15, -0.1) is 11.8 Å². The molecular weight excluding hydrogens is 374 g/mol. The molecule has 0 saturated carbocycles. The first-order chi connectivity index (χ1) is 10.8. The van der Waals surface area contributed by atoms with E-state index in [1.807, 2.05) is 0 Å². The zero-order valence-corrected chi connectivity index (χ0v) is 14.3. The fourth-order valence-corrected chi connectivity index (χ4v) is 2.70. The van der Waals surface area contributed by atoms with Crippen LogP contribution in [0.4, 0.5) is 17.6 Å². The monoisotopic (exact) mass is 387 g/mol. The molecule has 0 aliphatic carbocycles. The van der Waals surface area contributed by atoms with Gasteiger partial charge in [-0.2, -0.15) is 13.2 Å². The number of ether oxygens (including phenoxy) is 1. The molecule has 1 aromatic rings. The highest BCUT2D eigenvalue weighted by atomic mass is 35.5. The van der Waals surface area contributed by atoms with Gasteiger partial charge in [-0.05, 0) is 43.6 Å². The van der Waals surface area contributed by atoms with Gasteiger partial charge in [0.25, 0.3) is 0 Å². The minimum atomic E-state index is -4.33. The van der Waals surface area contributed by atoms with Crippen LogP contribution in [-0.2, 0) is 0 Å². The topological polar surface area (TPSA) is 21.6 Å². The summed E-state index contributed by atoms with van der Waals surface area (Å²) in [6, 6.07) is 2.16. The molecule has 0 bridgehead atoms. The molecule has 0 saturated heterocycles. The van der Waals surface area contributed by atoms with Gasteiger partial charge in [0.15, 0.2) is 11.6 Å². The third-order valence-corrected chi connectivity index (χ3v) is 4.29. The van der Waals surface area contributed by atoms with Crippen LogP contribution in [0.3, 0.4) is 0 Å². The maximum Gasteiger partial charge on any atom is 0.398 e. The summed E-state index contributed by atoms with van der Waals surface area (Å²) < 4.78 is 55.7. The lowest BCUT2D eigenvalue weighted by molar-refractivity contribution is -0.105. The molecule has 128 valence electrons. The SMILES string of the molecule is Fc1cc(Cl)c(SCC(F)(F)F)cc1OCCCCCN=C=S. The van der Waals surface area contributed by atoms with Crippen molar-refractivity contribution in [2.45, 2.75) is 30.3 Å². The summed E-state index contributed by atoms with van der Waals surface area (Å²) in [7, 11) is 0. The lowest BCUT2D eigenvalue weighted by Crippen LogP contribution is -2.10. The molecule has 0 amide bonds. The number of nitrogens with zero attached hydrogens (tertiary/aromatic N) is 1. The number of hydrogen-bond donors (Lipinski definition) is 0. The number of unbranched alkanes of at least 4 members (excludes halogenated alkanes) is 2. The highest BCUT2D eigenvalue weighted by molar-refractivity contribution is 7.99. The molecule has 0 N–H and O–H groups in total. The van der Waals surface area contributed by atoms with E-state index in [9.17, 15) is 17.6 Å². The first kappa shape index (κ1) is 20.2. The Morgan fingerprint density at radius 1 is 1.26 bits per heavy atom. The molecule has 0 aromatic heterocycles. The summed E-state index contributed by atoms with van der Waals surface area (Å²) >= 11 is 10.7. The standard InChI is InChI=1S/C14H14ClF4NOS2/c15-10-6-11(16)12(7-13(10)23-8-14(17,18)19)21-5-3-1-2-4-20-9-22/h6-7H,1-5,8H2. The van der Waals surface area contributed by atoms with Gasteiger partial charge in [-0.25, -0.2) is 9.38 Å². The lowest BCUT2D eigenvalue weighted by Gasteiger charge is -2.11. The Morgan fingerprint density at radius 3 is 2.65 bits per heavy atom. The lowest BCUT2D eigenvalue weighted by atomic mass is 10.2. The number of alkyl halides is 3. The van der Waals surface area contributed by atoms with Crippen molar-refractivity contribution in [1.82, 2.24) is 0 Å². The predicted molar refractivity (Wildman–Crippen MR) is 87.4 cm³/mol. The van der Waals surface area contributed by atoms with Crippen molar-refractivity contribution in [3.05, 3.63) is 23.0 Å². The van der Waals surface area contributed by atoms with Crippen molar-refractivity contribution in [1.29, 1.82) is 0 Å². The molecule has 0 fully saturated rings. The maximum absolute atomic E-state index is 13.7. The second-order valence-electron chi connectivity index (χ2n) is 4.50. The van der Waals surface area contributed by atoms with Crippen LogP contribution < -0.4 is 4.74 Å². The van der Waals surface area contributed by atoms with Crippen molar-refractivity contribution in [2.75, 3.05) is 18.9 Å². The fourth-order valence-electron chi connectivity index (χ4n) is 1.59. The largest absolute Gasteiger partial charge is 0.490 e. The van der Waals surface area contributed by atoms with Crippen LogP contribution in [0, 0.1) is 5.82 Å². The van der Waals surface area contributed by atoms with Crippen LogP contribution in [0.1, 0.15) is 19.3 Å². The fraction of sp³-hybridized carbons (Fsp3) is 0.500. The van der Waals surface area contributed by atoms with Gasteiger partial charge in [-0.1, -0.05) is 11.6 Å². The van der Waals surface area contributed by atoms with Crippen molar-refractivity contribution in [3.8, 4) is 5.75 Å². The minimum absolute atomic E-state index is 0.0675. The summed E-state index contributed by atoms with van der Waals surface area (Å²) in [6.45, 7) is 0.834. The molecular formula is C14H14ClF4NOS2. The summed E-state index contributed by atoms with van der Waals surface area (Å²) in [4.78, 5) is 3.89. The first-order valence-electron chi connectivity index (χ1n) is 6.68. The van der Waals surface area contributed by atoms with Gasteiger partial charge in [0.05, 0.1) is 22.5 Å². The molecule has 0 spiro atoms. The smallest absolute Gasteiger partial charge is 0.398 e. The molecule has 0 unspecified atom stereocenters. The average Bonchev–Trinajstić information content (AvgIpc) is 2.46. The molecule has 23 heavy (non-hydrogen) atoms. The molecule has 0 atom stereocenters. The van der Waals surface area contributed by atoms with E-state index in [0.29, 0.717) is 24.7 Å². The summed E-state index contributed by atoms with van der Waals surface area (Å²) in [6.07, 6.45) is -2.04. The van der Waals surface area contributed by atoms with E-state index >= 15 is 0 Å². The molecule has 9 heteroatoms. The van der Waals surface area contributed by atoms with E-state index < -0.39 is 17.7 Å². The Hall–Kier alpha value is -0.820. The normalized spacial score (nSPS) is 11.2. The van der Waals surface area contributed by atoms with Crippen LogP contribution >= 0.6 is 35.6 Å². The van der Waals surface area contributed by atoms with Crippen molar-refractivity contribution >= 4 is 40.7 Å². The van der Waals surface area contributed by atoms with E-state index in [1.54, 1.807) is 0 Å². The molecule has 0 aliphatic rings. The number of isothiocyanates is 1. The number of aliphatic imine (C=N–C) groups is 1. The van der Waals surface area contributed by atoms with Gasteiger partial charge < -0.3 is 4.74 Å². The predicted octanol–water partition coefficient (Wildman–Crippen LogP) is 5.79. The van der Waals surface area contributed by atoms with Crippen LogP contribution in [-0.4, -0.2) is 30.2 Å². The Balaban J connectivity index is 2.52. The van der Waals surface area contributed by atoms with E-state index in [2.05, 4.69) is 22.4 Å². The van der Waals surface area contributed by atoms with Crippen LogP contribution in [0.5, 0.6) is 5.75 Å². The highest BCUT2D eigenvalue weighted by Crippen LogP contribution is 2.36. The summed E-state index contributed by atoms with van der Waals surface area (Å²) in [5.41, 5.74) is 0. The highest BCUT2D eigenvalue weighted by Gasteiger charge is 2.28. The molecule has 0 radical (unpaired) electrons. The van der Waals surface area contributed by atoms with Gasteiger partial charge in [-0.3, -0.25) is 0 Å². The van der Waals surface area contributed by atoms with Crippen LogP contribution in [0.15, 0.2) is 22.0 Å². The summed E-state index contributed by atoms with van der Waals surface area (Å²) in [5, 5.41) is 2.19. The van der Waals surface area contributed by atoms with Crippen molar-refractivity contribution in [3.63, 3.8) is 0 Å². The van der Waals surface area contributed by atoms with Crippen molar-refractivity contribution in [2.24, 2.45) is 4.99 Å². The maximum atomic E-state index is 13.7.